The zero-order valence-corrected chi connectivity index (χ0v) is 11.1. The molecule has 0 aliphatic carbocycles. The van der Waals surface area contributed by atoms with Gasteiger partial charge in [0.1, 0.15) is 17.7 Å². The fraction of sp³-hybridized carbons (Fsp3) is 0.188. The van der Waals surface area contributed by atoms with E-state index in [1.165, 1.54) is 12.1 Å². The Morgan fingerprint density at radius 1 is 1.15 bits per heavy atom. The van der Waals surface area contributed by atoms with E-state index < -0.39 is 11.6 Å². The van der Waals surface area contributed by atoms with Crippen molar-refractivity contribution in [2.24, 2.45) is 0 Å². The SMILES string of the molecule is Cc1cccc(C#N)c1NCCc1cc(F)cc(F)c1. The number of halogens is 2. The third-order valence-corrected chi connectivity index (χ3v) is 3.03. The van der Waals surface area contributed by atoms with Crippen LogP contribution in [-0.4, -0.2) is 6.54 Å². The van der Waals surface area contributed by atoms with Crippen LogP contribution in [-0.2, 0) is 6.42 Å². The molecule has 0 saturated carbocycles. The number of nitrogens with zero attached hydrogens (tertiary/aromatic N) is 1. The summed E-state index contributed by atoms with van der Waals surface area (Å²) in [6.45, 7) is 2.41. The van der Waals surface area contributed by atoms with Crippen LogP contribution in [0.1, 0.15) is 16.7 Å². The van der Waals surface area contributed by atoms with Crippen molar-refractivity contribution in [2.75, 3.05) is 11.9 Å². The fourth-order valence-electron chi connectivity index (χ4n) is 2.08. The lowest BCUT2D eigenvalue weighted by molar-refractivity contribution is 0.580. The number of rotatable bonds is 4. The second kappa shape index (κ2) is 6.16. The van der Waals surface area contributed by atoms with E-state index in [4.69, 9.17) is 5.26 Å². The number of nitriles is 1. The van der Waals surface area contributed by atoms with Crippen molar-refractivity contribution >= 4 is 5.69 Å². The van der Waals surface area contributed by atoms with Crippen molar-refractivity contribution in [3.8, 4) is 6.07 Å². The number of hydrogen-bond acceptors (Lipinski definition) is 2. The van der Waals surface area contributed by atoms with Gasteiger partial charge in [-0.15, -0.1) is 0 Å². The summed E-state index contributed by atoms with van der Waals surface area (Å²) in [6, 6.07) is 11.1. The third-order valence-electron chi connectivity index (χ3n) is 3.03. The Hall–Kier alpha value is -2.41. The third kappa shape index (κ3) is 3.33. The van der Waals surface area contributed by atoms with Gasteiger partial charge in [0.15, 0.2) is 0 Å². The summed E-state index contributed by atoms with van der Waals surface area (Å²) >= 11 is 0. The summed E-state index contributed by atoms with van der Waals surface area (Å²) < 4.78 is 26.1. The van der Waals surface area contributed by atoms with Crippen molar-refractivity contribution in [1.29, 1.82) is 5.26 Å². The van der Waals surface area contributed by atoms with Crippen LogP contribution in [0.5, 0.6) is 0 Å². The van der Waals surface area contributed by atoms with Gasteiger partial charge in [-0.2, -0.15) is 5.26 Å². The normalized spacial score (nSPS) is 10.1. The fourth-order valence-corrected chi connectivity index (χ4v) is 2.08. The molecule has 0 fully saturated rings. The maximum absolute atomic E-state index is 13.1. The first-order valence-corrected chi connectivity index (χ1v) is 6.28. The molecule has 2 rings (SSSR count). The van der Waals surface area contributed by atoms with E-state index in [-0.39, 0.29) is 0 Å². The number of para-hydroxylation sites is 1. The molecule has 1 N–H and O–H groups in total. The van der Waals surface area contributed by atoms with Gasteiger partial charge in [-0.25, -0.2) is 8.78 Å². The lowest BCUT2D eigenvalue weighted by Crippen LogP contribution is -2.08. The minimum absolute atomic E-state index is 0.480. The molecule has 0 saturated heterocycles. The molecule has 0 aliphatic rings. The van der Waals surface area contributed by atoms with E-state index in [0.717, 1.165) is 17.3 Å². The highest BCUT2D eigenvalue weighted by molar-refractivity contribution is 5.62. The Kier molecular flexibility index (Phi) is 4.31. The van der Waals surface area contributed by atoms with Crippen LogP contribution in [0.25, 0.3) is 0 Å². The lowest BCUT2D eigenvalue weighted by Gasteiger charge is -2.11. The topological polar surface area (TPSA) is 35.8 Å². The summed E-state index contributed by atoms with van der Waals surface area (Å²) in [5, 5.41) is 12.2. The van der Waals surface area contributed by atoms with Crippen LogP contribution >= 0.6 is 0 Å². The Morgan fingerprint density at radius 2 is 1.85 bits per heavy atom. The zero-order valence-electron chi connectivity index (χ0n) is 11.1. The van der Waals surface area contributed by atoms with Crippen molar-refractivity contribution in [3.63, 3.8) is 0 Å². The van der Waals surface area contributed by atoms with E-state index in [9.17, 15) is 8.78 Å². The van der Waals surface area contributed by atoms with Crippen LogP contribution < -0.4 is 5.32 Å². The molecule has 2 aromatic rings. The molecule has 4 heteroatoms. The minimum atomic E-state index is -0.575. The maximum Gasteiger partial charge on any atom is 0.126 e. The van der Waals surface area contributed by atoms with Crippen molar-refractivity contribution < 1.29 is 8.78 Å². The zero-order chi connectivity index (χ0) is 14.5. The molecule has 2 aromatic carbocycles. The van der Waals surface area contributed by atoms with E-state index in [1.54, 1.807) is 6.07 Å². The number of anilines is 1. The average Bonchev–Trinajstić information content (AvgIpc) is 2.39. The molecule has 0 aliphatic heterocycles. The van der Waals surface area contributed by atoms with Crippen molar-refractivity contribution in [3.05, 3.63) is 64.7 Å². The van der Waals surface area contributed by atoms with E-state index >= 15 is 0 Å². The molecule has 20 heavy (non-hydrogen) atoms. The van der Waals surface area contributed by atoms with Crippen LogP contribution in [0.2, 0.25) is 0 Å². The highest BCUT2D eigenvalue weighted by Gasteiger charge is 2.05. The van der Waals surface area contributed by atoms with E-state index in [1.807, 2.05) is 19.1 Å². The highest BCUT2D eigenvalue weighted by Crippen LogP contribution is 2.19. The summed E-state index contributed by atoms with van der Waals surface area (Å²) in [5.74, 6) is -1.15. The second-order valence-electron chi connectivity index (χ2n) is 4.56. The highest BCUT2D eigenvalue weighted by atomic mass is 19.1. The quantitative estimate of drug-likeness (QED) is 0.919. The average molecular weight is 272 g/mol. The Labute approximate surface area is 116 Å². The Balaban J connectivity index is 2.05. The molecular weight excluding hydrogens is 258 g/mol. The molecule has 2 nitrogen and oxygen atoms in total. The standard InChI is InChI=1S/C16H14F2N2/c1-11-3-2-4-13(10-19)16(11)20-6-5-12-7-14(17)9-15(18)8-12/h2-4,7-9,20H,5-6H2,1H3. The second-order valence-corrected chi connectivity index (χ2v) is 4.56. The molecule has 0 heterocycles. The summed E-state index contributed by atoms with van der Waals surface area (Å²) in [5.41, 5.74) is 2.89. The predicted octanol–water partition coefficient (Wildman–Crippen LogP) is 3.80. The van der Waals surface area contributed by atoms with Gasteiger partial charge in [-0.1, -0.05) is 12.1 Å². The smallest absolute Gasteiger partial charge is 0.126 e. The summed E-state index contributed by atoms with van der Waals surface area (Å²) in [6.07, 6.45) is 0.480. The van der Waals surface area contributed by atoms with E-state index in [2.05, 4.69) is 11.4 Å². The van der Waals surface area contributed by atoms with Crippen LogP contribution in [0.15, 0.2) is 36.4 Å². The lowest BCUT2D eigenvalue weighted by atomic mass is 10.1. The molecular formula is C16H14F2N2. The maximum atomic E-state index is 13.1. The van der Waals surface area contributed by atoms with Crippen molar-refractivity contribution in [2.45, 2.75) is 13.3 Å². The van der Waals surface area contributed by atoms with Gasteiger partial charge in [0, 0.05) is 12.6 Å². The van der Waals surface area contributed by atoms with Crippen LogP contribution in [0.4, 0.5) is 14.5 Å². The van der Waals surface area contributed by atoms with Gasteiger partial charge < -0.3 is 5.32 Å². The van der Waals surface area contributed by atoms with Gasteiger partial charge >= 0.3 is 0 Å². The predicted molar refractivity (Wildman–Crippen MR) is 74.4 cm³/mol. The first kappa shape index (κ1) is 14.0. The van der Waals surface area contributed by atoms with E-state index in [0.29, 0.717) is 24.1 Å². The molecule has 0 amide bonds. The first-order chi connectivity index (χ1) is 9.60. The molecule has 0 unspecified atom stereocenters. The largest absolute Gasteiger partial charge is 0.383 e. The monoisotopic (exact) mass is 272 g/mol. The first-order valence-electron chi connectivity index (χ1n) is 6.28. The number of aryl methyl sites for hydroxylation is 1. The molecule has 0 atom stereocenters. The summed E-state index contributed by atoms with van der Waals surface area (Å²) in [7, 11) is 0. The molecule has 0 radical (unpaired) electrons. The molecule has 0 bridgehead atoms. The number of benzene rings is 2. The summed E-state index contributed by atoms with van der Waals surface area (Å²) in [4.78, 5) is 0. The van der Waals surface area contributed by atoms with Gasteiger partial charge in [0.2, 0.25) is 0 Å². The molecule has 0 aromatic heterocycles. The minimum Gasteiger partial charge on any atom is -0.383 e. The van der Waals surface area contributed by atoms with Crippen molar-refractivity contribution in [1.82, 2.24) is 0 Å². The Bertz CT molecular complexity index is 640. The van der Waals surface area contributed by atoms with Gasteiger partial charge in [-0.3, -0.25) is 0 Å². The van der Waals surface area contributed by atoms with Gasteiger partial charge in [0.25, 0.3) is 0 Å². The number of nitrogens with one attached hydrogen (secondary N) is 1. The van der Waals surface area contributed by atoms with Crippen LogP contribution in [0, 0.1) is 29.9 Å². The Morgan fingerprint density at radius 3 is 2.50 bits per heavy atom. The number of hydrogen-bond donors (Lipinski definition) is 1. The van der Waals surface area contributed by atoms with Gasteiger partial charge in [0.05, 0.1) is 11.3 Å². The molecule has 102 valence electrons. The molecule has 0 spiro atoms. The van der Waals surface area contributed by atoms with Gasteiger partial charge in [-0.05, 0) is 42.7 Å². The van der Waals surface area contributed by atoms with Crippen LogP contribution in [0.3, 0.4) is 0 Å².